The van der Waals surface area contributed by atoms with Gasteiger partial charge in [0, 0.05) is 12.6 Å². The van der Waals surface area contributed by atoms with Gasteiger partial charge in [0.05, 0.1) is 0 Å². The standard InChI is InChI=1S/C13H22N2O4S/c1-8(2)13(4,5)7-15-12(16)10-6-11(9(3)19-10)20(14,17)18/h6,8H,7H2,1-5H3,(H,15,16)(H2,14,17,18). The molecule has 1 rings (SSSR count). The number of hydrogen-bond acceptors (Lipinski definition) is 4. The van der Waals surface area contributed by atoms with Crippen LogP contribution in [0.3, 0.4) is 0 Å². The highest BCUT2D eigenvalue weighted by molar-refractivity contribution is 7.89. The number of primary sulfonamides is 1. The molecule has 0 aliphatic carbocycles. The zero-order valence-electron chi connectivity index (χ0n) is 12.5. The Morgan fingerprint density at radius 3 is 2.40 bits per heavy atom. The number of hydrogen-bond donors (Lipinski definition) is 2. The molecular formula is C13H22N2O4S. The number of carbonyl (C=O) groups is 1. The molecule has 0 spiro atoms. The van der Waals surface area contributed by atoms with Gasteiger partial charge >= 0.3 is 0 Å². The summed E-state index contributed by atoms with van der Waals surface area (Å²) in [5, 5.41) is 7.78. The molecule has 0 atom stereocenters. The molecule has 1 aromatic heterocycles. The second-order valence-electron chi connectivity index (χ2n) is 5.90. The van der Waals surface area contributed by atoms with Gasteiger partial charge in [0.2, 0.25) is 10.0 Å². The molecule has 1 amide bonds. The van der Waals surface area contributed by atoms with Crippen LogP contribution in [0.4, 0.5) is 0 Å². The van der Waals surface area contributed by atoms with Crippen molar-refractivity contribution in [3.8, 4) is 0 Å². The molecule has 0 aliphatic rings. The van der Waals surface area contributed by atoms with Crippen LogP contribution in [0, 0.1) is 18.3 Å². The highest BCUT2D eigenvalue weighted by Crippen LogP contribution is 2.25. The van der Waals surface area contributed by atoms with E-state index in [1.807, 2.05) is 13.8 Å². The number of carbonyl (C=O) groups excluding carboxylic acids is 1. The summed E-state index contributed by atoms with van der Waals surface area (Å²) in [6, 6.07) is 1.16. The van der Waals surface area contributed by atoms with Crippen molar-refractivity contribution in [3.63, 3.8) is 0 Å². The Labute approximate surface area is 119 Å². The van der Waals surface area contributed by atoms with Crippen LogP contribution in [0.25, 0.3) is 0 Å². The Balaban J connectivity index is 2.85. The molecule has 0 saturated heterocycles. The Morgan fingerprint density at radius 1 is 1.45 bits per heavy atom. The molecular weight excluding hydrogens is 280 g/mol. The van der Waals surface area contributed by atoms with Crippen molar-refractivity contribution in [2.45, 2.75) is 39.5 Å². The number of aryl methyl sites for hydroxylation is 1. The first-order valence-electron chi connectivity index (χ1n) is 6.36. The predicted octanol–water partition coefficient (Wildman–Crippen LogP) is 1.65. The van der Waals surface area contributed by atoms with Gasteiger partial charge in [0.25, 0.3) is 5.91 Å². The van der Waals surface area contributed by atoms with Gasteiger partial charge in [-0.3, -0.25) is 4.79 Å². The molecule has 0 radical (unpaired) electrons. The highest BCUT2D eigenvalue weighted by Gasteiger charge is 2.25. The maximum absolute atomic E-state index is 12.0. The monoisotopic (exact) mass is 302 g/mol. The summed E-state index contributed by atoms with van der Waals surface area (Å²) in [6.07, 6.45) is 0. The fourth-order valence-corrected chi connectivity index (χ4v) is 2.17. The minimum atomic E-state index is -3.88. The Kier molecular flexibility index (Phi) is 4.66. The van der Waals surface area contributed by atoms with Crippen LogP contribution in [0.2, 0.25) is 0 Å². The molecule has 0 bridgehead atoms. The van der Waals surface area contributed by atoms with E-state index in [0.717, 1.165) is 6.07 Å². The lowest BCUT2D eigenvalue weighted by Crippen LogP contribution is -2.36. The molecule has 6 nitrogen and oxygen atoms in total. The van der Waals surface area contributed by atoms with Crippen LogP contribution in [0.1, 0.15) is 44.0 Å². The predicted molar refractivity (Wildman–Crippen MR) is 75.8 cm³/mol. The maximum Gasteiger partial charge on any atom is 0.287 e. The Hall–Kier alpha value is -1.34. The topological polar surface area (TPSA) is 102 Å². The molecule has 114 valence electrons. The molecule has 3 N–H and O–H groups in total. The van der Waals surface area contributed by atoms with E-state index in [-0.39, 0.29) is 21.8 Å². The van der Waals surface area contributed by atoms with Gasteiger partial charge in [-0.25, -0.2) is 13.6 Å². The number of rotatable bonds is 5. The van der Waals surface area contributed by atoms with E-state index in [9.17, 15) is 13.2 Å². The van der Waals surface area contributed by atoms with Crippen molar-refractivity contribution in [3.05, 3.63) is 17.6 Å². The summed E-state index contributed by atoms with van der Waals surface area (Å²) >= 11 is 0. The lowest BCUT2D eigenvalue weighted by Gasteiger charge is -2.29. The third-order valence-corrected chi connectivity index (χ3v) is 4.69. The first kappa shape index (κ1) is 16.7. The maximum atomic E-state index is 12.0. The van der Waals surface area contributed by atoms with Crippen molar-refractivity contribution in [1.82, 2.24) is 5.32 Å². The summed E-state index contributed by atoms with van der Waals surface area (Å²) in [4.78, 5) is 11.8. The fraction of sp³-hybridized carbons (Fsp3) is 0.615. The van der Waals surface area contributed by atoms with Gasteiger partial charge < -0.3 is 9.73 Å². The normalized spacial score (nSPS) is 12.8. The first-order valence-corrected chi connectivity index (χ1v) is 7.91. The summed E-state index contributed by atoms with van der Waals surface area (Å²) < 4.78 is 27.7. The Morgan fingerprint density at radius 2 is 2.00 bits per heavy atom. The average molecular weight is 302 g/mol. The fourth-order valence-electron chi connectivity index (χ4n) is 1.46. The molecule has 0 aliphatic heterocycles. The van der Waals surface area contributed by atoms with Crippen LogP contribution in [-0.4, -0.2) is 20.9 Å². The molecule has 0 fully saturated rings. The van der Waals surface area contributed by atoms with Gasteiger partial charge in [-0.2, -0.15) is 0 Å². The van der Waals surface area contributed by atoms with E-state index in [1.165, 1.54) is 6.92 Å². The van der Waals surface area contributed by atoms with E-state index >= 15 is 0 Å². The van der Waals surface area contributed by atoms with Crippen molar-refractivity contribution in [1.29, 1.82) is 0 Å². The van der Waals surface area contributed by atoms with Gasteiger partial charge in [0.1, 0.15) is 10.7 Å². The van der Waals surface area contributed by atoms with Gasteiger partial charge in [0.15, 0.2) is 5.76 Å². The third-order valence-electron chi connectivity index (χ3n) is 3.67. The quantitative estimate of drug-likeness (QED) is 0.863. The molecule has 0 aromatic carbocycles. The second kappa shape index (κ2) is 5.57. The van der Waals surface area contributed by atoms with E-state index in [0.29, 0.717) is 12.5 Å². The van der Waals surface area contributed by atoms with Crippen LogP contribution in [-0.2, 0) is 10.0 Å². The van der Waals surface area contributed by atoms with Crippen molar-refractivity contribution >= 4 is 15.9 Å². The lowest BCUT2D eigenvalue weighted by molar-refractivity contribution is 0.0895. The van der Waals surface area contributed by atoms with Gasteiger partial charge in [-0.1, -0.05) is 27.7 Å². The van der Waals surface area contributed by atoms with E-state index in [1.54, 1.807) is 0 Å². The SMILES string of the molecule is Cc1oc(C(=O)NCC(C)(C)C(C)C)cc1S(N)(=O)=O. The van der Waals surface area contributed by atoms with E-state index in [2.05, 4.69) is 19.2 Å². The first-order chi connectivity index (χ1) is 8.95. The smallest absolute Gasteiger partial charge is 0.287 e. The molecule has 0 unspecified atom stereocenters. The summed E-state index contributed by atoms with van der Waals surface area (Å²) in [5.41, 5.74) is -0.0694. The minimum Gasteiger partial charge on any atom is -0.455 e. The highest BCUT2D eigenvalue weighted by atomic mass is 32.2. The van der Waals surface area contributed by atoms with Gasteiger partial charge in [-0.15, -0.1) is 0 Å². The van der Waals surface area contributed by atoms with Crippen LogP contribution >= 0.6 is 0 Å². The minimum absolute atomic E-state index is 0.0499. The number of sulfonamides is 1. The van der Waals surface area contributed by atoms with Crippen molar-refractivity contribution in [2.75, 3.05) is 6.54 Å². The molecule has 20 heavy (non-hydrogen) atoms. The number of amides is 1. The van der Waals surface area contributed by atoms with Crippen LogP contribution in [0.5, 0.6) is 0 Å². The summed E-state index contributed by atoms with van der Waals surface area (Å²) in [7, 11) is -3.88. The van der Waals surface area contributed by atoms with Crippen LogP contribution < -0.4 is 10.5 Å². The summed E-state index contributed by atoms with van der Waals surface area (Å²) in [5.74, 6) is 0.00435. The second-order valence-corrected chi connectivity index (χ2v) is 7.43. The number of nitrogens with one attached hydrogen (secondary N) is 1. The van der Waals surface area contributed by atoms with Crippen LogP contribution in [0.15, 0.2) is 15.4 Å². The van der Waals surface area contributed by atoms with E-state index < -0.39 is 15.9 Å². The largest absolute Gasteiger partial charge is 0.455 e. The van der Waals surface area contributed by atoms with E-state index in [4.69, 9.17) is 9.56 Å². The molecule has 1 aromatic rings. The van der Waals surface area contributed by atoms with Crippen molar-refractivity contribution < 1.29 is 17.6 Å². The summed E-state index contributed by atoms with van der Waals surface area (Å²) in [6.45, 7) is 10.1. The third kappa shape index (κ3) is 3.83. The van der Waals surface area contributed by atoms with Gasteiger partial charge in [-0.05, 0) is 18.3 Å². The molecule has 1 heterocycles. The molecule has 7 heteroatoms. The zero-order valence-corrected chi connectivity index (χ0v) is 13.3. The Bertz CT molecular complexity index is 600. The average Bonchev–Trinajstić information content (AvgIpc) is 2.68. The molecule has 0 saturated carbocycles. The zero-order chi connectivity index (χ0) is 15.7. The number of nitrogens with two attached hydrogens (primary N) is 1. The number of furan rings is 1. The lowest BCUT2D eigenvalue weighted by atomic mass is 9.81. The van der Waals surface area contributed by atoms with Crippen molar-refractivity contribution in [2.24, 2.45) is 16.5 Å².